The zero-order chi connectivity index (χ0) is 21.8. The van der Waals surface area contributed by atoms with Crippen LogP contribution in [0, 0.1) is 17.0 Å². The molecule has 1 N–H and O–H groups in total. The average molecular weight is 459 g/mol. The van der Waals surface area contributed by atoms with E-state index in [0.29, 0.717) is 22.4 Å². The first-order valence-electron chi connectivity index (χ1n) is 10.1. The molecular weight excluding hydrogens is 436 g/mol. The predicted octanol–water partition coefficient (Wildman–Crippen LogP) is 4.85. The number of amides is 1. The molecule has 2 aromatic heterocycles. The molecule has 31 heavy (non-hydrogen) atoms. The molecule has 0 spiro atoms. The lowest BCUT2D eigenvalue weighted by molar-refractivity contribution is -0.384. The molecule has 0 saturated heterocycles. The molecule has 162 valence electrons. The van der Waals surface area contributed by atoms with Crippen molar-refractivity contribution in [2.24, 2.45) is 0 Å². The van der Waals surface area contributed by atoms with Gasteiger partial charge in [0, 0.05) is 29.1 Å². The van der Waals surface area contributed by atoms with Crippen LogP contribution in [0.25, 0.3) is 11.3 Å². The summed E-state index contributed by atoms with van der Waals surface area (Å²) in [5.74, 6) is 0.911. The van der Waals surface area contributed by atoms with Crippen molar-refractivity contribution in [1.82, 2.24) is 19.7 Å². The Morgan fingerprint density at radius 2 is 2.13 bits per heavy atom. The van der Waals surface area contributed by atoms with Gasteiger partial charge in [-0.1, -0.05) is 43.2 Å². The summed E-state index contributed by atoms with van der Waals surface area (Å²) in [6.07, 6.45) is 5.94. The molecule has 0 aliphatic heterocycles. The highest BCUT2D eigenvalue weighted by Crippen LogP contribution is 2.32. The first-order chi connectivity index (χ1) is 15.0. The Bertz CT molecular complexity index is 1090. The van der Waals surface area contributed by atoms with E-state index in [2.05, 4.69) is 25.1 Å². The number of carbonyl (C=O) groups is 1. The molecule has 1 amide bonds. The number of non-ortho nitro benzene ring substituents is 1. The molecule has 2 heterocycles. The van der Waals surface area contributed by atoms with Gasteiger partial charge in [-0.3, -0.25) is 14.9 Å². The SMILES string of the molecule is Cc1nnc(SCC(=O)Nc2nc(-c3cccc([N+](=O)[O-])c3)cs2)n1C1CCCCC1. The molecule has 0 radical (unpaired) electrons. The Morgan fingerprint density at radius 3 is 2.90 bits per heavy atom. The van der Waals surface area contributed by atoms with Gasteiger partial charge in [0.1, 0.15) is 5.82 Å². The van der Waals surface area contributed by atoms with Crippen molar-refractivity contribution in [3.05, 3.63) is 45.6 Å². The van der Waals surface area contributed by atoms with E-state index in [-0.39, 0.29) is 17.3 Å². The number of anilines is 1. The highest BCUT2D eigenvalue weighted by atomic mass is 32.2. The maximum atomic E-state index is 12.5. The van der Waals surface area contributed by atoms with Crippen molar-refractivity contribution >= 4 is 39.8 Å². The summed E-state index contributed by atoms with van der Waals surface area (Å²) >= 11 is 2.66. The molecule has 1 aromatic carbocycles. The van der Waals surface area contributed by atoms with Gasteiger partial charge in [-0.2, -0.15) is 0 Å². The van der Waals surface area contributed by atoms with Gasteiger partial charge in [-0.05, 0) is 19.8 Å². The molecule has 1 aliphatic carbocycles. The zero-order valence-corrected chi connectivity index (χ0v) is 18.6. The second-order valence-electron chi connectivity index (χ2n) is 7.37. The number of rotatable bonds is 7. The van der Waals surface area contributed by atoms with Crippen molar-refractivity contribution in [1.29, 1.82) is 0 Å². The lowest BCUT2D eigenvalue weighted by Crippen LogP contribution is -2.17. The smallest absolute Gasteiger partial charge is 0.270 e. The van der Waals surface area contributed by atoms with E-state index in [0.717, 1.165) is 23.8 Å². The summed E-state index contributed by atoms with van der Waals surface area (Å²) in [7, 11) is 0. The van der Waals surface area contributed by atoms with E-state index in [1.54, 1.807) is 17.5 Å². The fraction of sp³-hybridized carbons (Fsp3) is 0.400. The second-order valence-corrected chi connectivity index (χ2v) is 9.17. The lowest BCUT2D eigenvalue weighted by atomic mass is 9.95. The summed E-state index contributed by atoms with van der Waals surface area (Å²) in [5, 5.41) is 25.2. The predicted molar refractivity (Wildman–Crippen MR) is 120 cm³/mol. The number of carbonyl (C=O) groups excluding carboxylic acids is 1. The highest BCUT2D eigenvalue weighted by Gasteiger charge is 2.22. The van der Waals surface area contributed by atoms with Crippen LogP contribution in [0.5, 0.6) is 0 Å². The van der Waals surface area contributed by atoms with Crippen LogP contribution in [0.4, 0.5) is 10.8 Å². The maximum Gasteiger partial charge on any atom is 0.270 e. The van der Waals surface area contributed by atoms with Crippen molar-refractivity contribution < 1.29 is 9.72 Å². The van der Waals surface area contributed by atoms with Crippen molar-refractivity contribution in [2.45, 2.75) is 50.2 Å². The average Bonchev–Trinajstić information content (AvgIpc) is 3.39. The normalized spacial score (nSPS) is 14.5. The Balaban J connectivity index is 1.37. The Hall–Kier alpha value is -2.79. The monoisotopic (exact) mass is 458 g/mol. The standard InChI is InChI=1S/C20H22N6O3S2/c1-13-23-24-20(25(13)15-7-3-2-4-8-15)31-12-18(27)22-19-21-17(11-30-19)14-6-5-9-16(10-14)26(28)29/h5-6,9-11,15H,2-4,7-8,12H2,1H3,(H,21,22,27). The zero-order valence-electron chi connectivity index (χ0n) is 17.0. The van der Waals surface area contributed by atoms with Crippen molar-refractivity contribution in [3.8, 4) is 11.3 Å². The van der Waals surface area contributed by atoms with Crippen LogP contribution >= 0.6 is 23.1 Å². The third kappa shape index (κ3) is 5.10. The number of nitro benzene ring substituents is 1. The minimum atomic E-state index is -0.441. The van der Waals surface area contributed by atoms with Crippen LogP contribution in [-0.2, 0) is 4.79 Å². The van der Waals surface area contributed by atoms with Gasteiger partial charge in [0.25, 0.3) is 5.69 Å². The van der Waals surface area contributed by atoms with Crippen LogP contribution < -0.4 is 5.32 Å². The molecule has 9 nitrogen and oxygen atoms in total. The number of hydrogen-bond donors (Lipinski definition) is 1. The first-order valence-corrected chi connectivity index (χ1v) is 11.9. The molecule has 1 saturated carbocycles. The molecule has 4 rings (SSSR count). The number of nitro groups is 1. The van der Waals surface area contributed by atoms with Crippen molar-refractivity contribution in [2.75, 3.05) is 11.1 Å². The molecule has 1 fully saturated rings. The van der Waals surface area contributed by atoms with Gasteiger partial charge in [0.15, 0.2) is 10.3 Å². The number of aromatic nitrogens is 4. The minimum absolute atomic E-state index is 0.00450. The van der Waals surface area contributed by atoms with Gasteiger partial charge in [-0.25, -0.2) is 4.98 Å². The second kappa shape index (κ2) is 9.56. The topological polar surface area (TPSA) is 116 Å². The van der Waals surface area contributed by atoms with Gasteiger partial charge >= 0.3 is 0 Å². The number of hydrogen-bond acceptors (Lipinski definition) is 8. The summed E-state index contributed by atoms with van der Waals surface area (Å²) in [4.78, 5) is 27.4. The fourth-order valence-electron chi connectivity index (χ4n) is 3.74. The van der Waals surface area contributed by atoms with Crippen LogP contribution in [0.3, 0.4) is 0 Å². The molecular formula is C20H22N6O3S2. The number of thioether (sulfide) groups is 1. The van der Waals surface area contributed by atoms with Gasteiger partial charge in [0.2, 0.25) is 5.91 Å². The van der Waals surface area contributed by atoms with E-state index in [1.807, 2.05) is 6.92 Å². The van der Waals surface area contributed by atoms with Gasteiger partial charge < -0.3 is 9.88 Å². The Labute approximate surface area is 187 Å². The summed E-state index contributed by atoms with van der Waals surface area (Å²) in [5.41, 5.74) is 1.23. The Morgan fingerprint density at radius 1 is 1.32 bits per heavy atom. The number of nitrogens with zero attached hydrogens (tertiary/aromatic N) is 5. The van der Waals surface area contributed by atoms with Gasteiger partial charge in [0.05, 0.1) is 16.4 Å². The van der Waals surface area contributed by atoms with Crippen molar-refractivity contribution in [3.63, 3.8) is 0 Å². The number of nitrogens with one attached hydrogen (secondary N) is 1. The number of aryl methyl sites for hydroxylation is 1. The molecule has 3 aromatic rings. The minimum Gasteiger partial charge on any atom is -0.303 e. The third-order valence-corrected chi connectivity index (χ3v) is 6.91. The third-order valence-electron chi connectivity index (χ3n) is 5.21. The first kappa shape index (κ1) is 21.4. The largest absolute Gasteiger partial charge is 0.303 e. The summed E-state index contributed by atoms with van der Waals surface area (Å²) < 4.78 is 2.17. The summed E-state index contributed by atoms with van der Waals surface area (Å²) in [6, 6.07) is 6.68. The molecule has 1 aliphatic rings. The van der Waals surface area contributed by atoms with E-state index in [9.17, 15) is 14.9 Å². The lowest BCUT2D eigenvalue weighted by Gasteiger charge is -2.24. The molecule has 11 heteroatoms. The van der Waals surface area contributed by atoms with E-state index < -0.39 is 4.92 Å². The number of thiazole rings is 1. The van der Waals surface area contributed by atoms with Gasteiger partial charge in [-0.15, -0.1) is 21.5 Å². The van der Waals surface area contributed by atoms with Crippen LogP contribution in [0.2, 0.25) is 0 Å². The Kier molecular flexibility index (Phi) is 6.62. The fourth-order valence-corrected chi connectivity index (χ4v) is 5.32. The molecule has 0 unspecified atom stereocenters. The van der Waals surface area contributed by atoms with E-state index >= 15 is 0 Å². The quantitative estimate of drug-likeness (QED) is 0.305. The maximum absolute atomic E-state index is 12.5. The molecule has 0 atom stereocenters. The van der Waals surface area contributed by atoms with E-state index in [1.165, 1.54) is 54.5 Å². The molecule has 0 bridgehead atoms. The van der Waals surface area contributed by atoms with Crippen LogP contribution in [-0.4, -0.2) is 36.3 Å². The van der Waals surface area contributed by atoms with Crippen LogP contribution in [0.15, 0.2) is 34.8 Å². The van der Waals surface area contributed by atoms with E-state index in [4.69, 9.17) is 0 Å². The highest BCUT2D eigenvalue weighted by molar-refractivity contribution is 7.99. The van der Waals surface area contributed by atoms with Crippen LogP contribution in [0.1, 0.15) is 44.0 Å². The summed E-state index contributed by atoms with van der Waals surface area (Å²) in [6.45, 7) is 1.96. The number of benzene rings is 1.